The molecule has 0 amide bonds. The molecular formula is C13H5Cl3FIN2S. The Hall–Kier alpha value is -0.340. The van der Waals surface area contributed by atoms with Gasteiger partial charge >= 0.3 is 0 Å². The summed E-state index contributed by atoms with van der Waals surface area (Å²) in [6.07, 6.45) is 0. The molecule has 0 aliphatic heterocycles. The lowest BCUT2D eigenvalue weighted by atomic mass is 10.2. The van der Waals surface area contributed by atoms with E-state index in [1.807, 2.05) is 22.6 Å². The Bertz CT molecular complexity index is 935. The van der Waals surface area contributed by atoms with Crippen LogP contribution in [0.4, 0.5) is 4.39 Å². The SMILES string of the molecule is Fc1cc2c(cc1I)[nH]c(=S)n2-c1cc(Cl)c(Cl)cc1Cl. The first-order valence-corrected chi connectivity index (χ1v) is 8.25. The molecule has 0 unspecified atom stereocenters. The third-order valence-electron chi connectivity index (χ3n) is 2.95. The molecule has 0 saturated carbocycles. The van der Waals surface area contributed by atoms with Crippen LogP contribution >= 0.6 is 69.6 Å². The molecule has 0 aliphatic carbocycles. The van der Waals surface area contributed by atoms with Crippen LogP contribution in [0.1, 0.15) is 0 Å². The van der Waals surface area contributed by atoms with E-state index >= 15 is 0 Å². The summed E-state index contributed by atoms with van der Waals surface area (Å²) in [6, 6.07) is 6.22. The third-order valence-corrected chi connectivity index (χ3v) is 5.09. The minimum atomic E-state index is -0.331. The van der Waals surface area contributed by atoms with Gasteiger partial charge in [-0.25, -0.2) is 4.39 Å². The van der Waals surface area contributed by atoms with Gasteiger partial charge in [0.25, 0.3) is 0 Å². The molecule has 0 saturated heterocycles. The first-order valence-electron chi connectivity index (χ1n) is 5.63. The maximum absolute atomic E-state index is 13.8. The molecule has 21 heavy (non-hydrogen) atoms. The Morgan fingerprint density at radius 1 is 1.05 bits per heavy atom. The molecule has 1 N–H and O–H groups in total. The summed E-state index contributed by atoms with van der Waals surface area (Å²) in [5.74, 6) is -0.331. The molecular weight excluding hydrogens is 468 g/mol. The zero-order valence-electron chi connectivity index (χ0n) is 10.1. The lowest BCUT2D eigenvalue weighted by Crippen LogP contribution is -1.96. The number of halogens is 5. The van der Waals surface area contributed by atoms with Gasteiger partial charge in [0.1, 0.15) is 5.82 Å². The Balaban J connectivity index is 2.40. The van der Waals surface area contributed by atoms with Crippen molar-refractivity contribution in [2.24, 2.45) is 0 Å². The van der Waals surface area contributed by atoms with E-state index in [0.29, 0.717) is 40.1 Å². The number of aromatic amines is 1. The molecule has 0 spiro atoms. The fraction of sp³-hybridized carbons (Fsp3) is 0. The fourth-order valence-corrected chi connectivity index (χ4v) is 3.42. The van der Waals surface area contributed by atoms with Gasteiger partial charge in [-0.3, -0.25) is 4.57 Å². The lowest BCUT2D eigenvalue weighted by Gasteiger charge is -2.09. The highest BCUT2D eigenvalue weighted by molar-refractivity contribution is 14.1. The largest absolute Gasteiger partial charge is 0.330 e. The Morgan fingerprint density at radius 2 is 1.71 bits per heavy atom. The fourth-order valence-electron chi connectivity index (χ4n) is 2.02. The van der Waals surface area contributed by atoms with E-state index in [2.05, 4.69) is 4.98 Å². The number of hydrogen-bond donors (Lipinski definition) is 1. The summed E-state index contributed by atoms with van der Waals surface area (Å²) in [7, 11) is 0. The minimum Gasteiger partial charge on any atom is -0.330 e. The molecule has 0 radical (unpaired) electrons. The van der Waals surface area contributed by atoms with Crippen molar-refractivity contribution >= 4 is 80.6 Å². The van der Waals surface area contributed by atoms with Gasteiger partial charge in [0, 0.05) is 6.07 Å². The van der Waals surface area contributed by atoms with Crippen molar-refractivity contribution in [1.82, 2.24) is 9.55 Å². The molecule has 0 bridgehead atoms. The van der Waals surface area contributed by atoms with Gasteiger partial charge in [0.2, 0.25) is 0 Å². The van der Waals surface area contributed by atoms with E-state index < -0.39 is 0 Å². The molecule has 108 valence electrons. The maximum Gasteiger partial charge on any atom is 0.182 e. The molecule has 2 nitrogen and oxygen atoms in total. The van der Waals surface area contributed by atoms with Crippen molar-refractivity contribution in [2.75, 3.05) is 0 Å². The standard InChI is InChI=1S/C13H5Cl3FIN2S/c14-5-1-7(16)11(2-6(5)15)20-12-3-8(17)9(18)4-10(12)19-13(20)21/h1-4H,(H,19,21). The summed E-state index contributed by atoms with van der Waals surface area (Å²) < 4.78 is 16.4. The van der Waals surface area contributed by atoms with Gasteiger partial charge in [-0.05, 0) is 53.0 Å². The van der Waals surface area contributed by atoms with Crippen LogP contribution in [-0.2, 0) is 0 Å². The van der Waals surface area contributed by atoms with Gasteiger partial charge in [0.15, 0.2) is 4.77 Å². The van der Waals surface area contributed by atoms with Crippen molar-refractivity contribution in [3.8, 4) is 5.69 Å². The van der Waals surface area contributed by atoms with Gasteiger partial charge in [-0.1, -0.05) is 34.8 Å². The number of nitrogens with one attached hydrogen (secondary N) is 1. The summed E-state index contributed by atoms with van der Waals surface area (Å²) in [5, 5.41) is 1.07. The molecule has 0 fully saturated rings. The average Bonchev–Trinajstić information content (AvgIpc) is 2.70. The number of hydrogen-bond acceptors (Lipinski definition) is 1. The van der Waals surface area contributed by atoms with Crippen molar-refractivity contribution in [2.45, 2.75) is 0 Å². The first-order chi connectivity index (χ1) is 9.88. The highest BCUT2D eigenvalue weighted by Crippen LogP contribution is 2.33. The van der Waals surface area contributed by atoms with Crippen LogP contribution in [-0.4, -0.2) is 9.55 Å². The van der Waals surface area contributed by atoms with Crippen molar-refractivity contribution < 1.29 is 4.39 Å². The minimum absolute atomic E-state index is 0.331. The van der Waals surface area contributed by atoms with Crippen molar-refractivity contribution in [1.29, 1.82) is 0 Å². The Morgan fingerprint density at radius 3 is 2.43 bits per heavy atom. The van der Waals surface area contributed by atoms with Crippen LogP contribution in [0.25, 0.3) is 16.7 Å². The quantitative estimate of drug-likeness (QED) is 0.247. The highest BCUT2D eigenvalue weighted by atomic mass is 127. The van der Waals surface area contributed by atoms with Crippen LogP contribution in [0.15, 0.2) is 24.3 Å². The van der Waals surface area contributed by atoms with E-state index in [1.54, 1.807) is 16.7 Å². The summed E-state index contributed by atoms with van der Waals surface area (Å²) >= 11 is 25.4. The topological polar surface area (TPSA) is 20.7 Å². The van der Waals surface area contributed by atoms with E-state index in [1.165, 1.54) is 12.1 Å². The molecule has 0 aliphatic rings. The van der Waals surface area contributed by atoms with Crippen molar-refractivity contribution in [3.05, 3.63) is 53.5 Å². The van der Waals surface area contributed by atoms with Crippen LogP contribution < -0.4 is 0 Å². The predicted molar refractivity (Wildman–Crippen MR) is 96.2 cm³/mol. The number of H-pyrrole nitrogens is 1. The summed E-state index contributed by atoms with van der Waals surface area (Å²) in [6.45, 7) is 0. The highest BCUT2D eigenvalue weighted by Gasteiger charge is 2.14. The zero-order valence-corrected chi connectivity index (χ0v) is 15.3. The predicted octanol–water partition coefficient (Wildman–Crippen LogP) is 6.39. The summed E-state index contributed by atoms with van der Waals surface area (Å²) in [5.41, 5.74) is 1.84. The molecule has 3 rings (SSSR count). The monoisotopic (exact) mass is 472 g/mol. The molecule has 0 atom stereocenters. The average molecular weight is 474 g/mol. The molecule has 2 aromatic carbocycles. The Labute approximate surface area is 153 Å². The number of fused-ring (bicyclic) bond motifs is 1. The van der Waals surface area contributed by atoms with Crippen LogP contribution in [0, 0.1) is 14.2 Å². The second-order valence-corrected chi connectivity index (χ2v) is 7.04. The normalized spacial score (nSPS) is 11.3. The van der Waals surface area contributed by atoms with Crippen LogP contribution in [0.5, 0.6) is 0 Å². The maximum atomic E-state index is 13.8. The number of aromatic nitrogens is 2. The number of nitrogens with zero attached hydrogens (tertiary/aromatic N) is 1. The van der Waals surface area contributed by atoms with E-state index in [4.69, 9.17) is 47.0 Å². The second-order valence-electron chi connectivity index (χ2n) is 4.27. The van der Waals surface area contributed by atoms with Crippen LogP contribution in [0.3, 0.4) is 0 Å². The summed E-state index contributed by atoms with van der Waals surface area (Å²) in [4.78, 5) is 3.03. The third kappa shape index (κ3) is 2.70. The van der Waals surface area contributed by atoms with Crippen LogP contribution in [0.2, 0.25) is 15.1 Å². The number of imidazole rings is 1. The van der Waals surface area contributed by atoms with Gasteiger partial charge in [-0.15, -0.1) is 0 Å². The molecule has 3 aromatic rings. The molecule has 8 heteroatoms. The van der Waals surface area contributed by atoms with Crippen molar-refractivity contribution in [3.63, 3.8) is 0 Å². The van der Waals surface area contributed by atoms with Gasteiger partial charge in [0.05, 0.1) is 35.4 Å². The number of rotatable bonds is 1. The Kier molecular flexibility index (Phi) is 4.22. The smallest absolute Gasteiger partial charge is 0.182 e. The van der Waals surface area contributed by atoms with E-state index in [-0.39, 0.29) is 5.82 Å². The van der Waals surface area contributed by atoms with Gasteiger partial charge < -0.3 is 4.98 Å². The molecule has 1 aromatic heterocycles. The lowest BCUT2D eigenvalue weighted by molar-refractivity contribution is 0.622. The van der Waals surface area contributed by atoms with E-state index in [0.717, 1.165) is 0 Å². The zero-order chi connectivity index (χ0) is 15.3. The van der Waals surface area contributed by atoms with E-state index in [9.17, 15) is 4.39 Å². The number of benzene rings is 2. The molecule has 1 heterocycles. The second kappa shape index (κ2) is 5.70. The van der Waals surface area contributed by atoms with Gasteiger partial charge in [-0.2, -0.15) is 0 Å². The first kappa shape index (κ1) is 15.6.